The van der Waals surface area contributed by atoms with Gasteiger partial charge in [-0.3, -0.25) is 9.36 Å². The summed E-state index contributed by atoms with van der Waals surface area (Å²) in [5.74, 6) is 1.08. The molecule has 1 aromatic heterocycles. The van der Waals surface area contributed by atoms with E-state index < -0.39 is 0 Å². The van der Waals surface area contributed by atoms with E-state index in [1.807, 2.05) is 84.3 Å². The molecule has 0 fully saturated rings. The number of rotatable bonds is 6. The maximum absolute atomic E-state index is 12.5. The first-order valence-corrected chi connectivity index (χ1v) is 9.36. The molecule has 4 aromatic rings. The average Bonchev–Trinajstić information content (AvgIpc) is 2.76. The molecule has 0 aliphatic rings. The van der Waals surface area contributed by atoms with Crippen molar-refractivity contribution in [1.29, 1.82) is 0 Å². The summed E-state index contributed by atoms with van der Waals surface area (Å²) in [6, 6.07) is 24.7. The molecule has 0 saturated heterocycles. The molecule has 0 atom stereocenters. The number of para-hydroxylation sites is 3. The molecule has 0 saturated carbocycles. The van der Waals surface area contributed by atoms with Crippen LogP contribution in [0.4, 0.5) is 5.95 Å². The van der Waals surface area contributed by atoms with Gasteiger partial charge in [-0.1, -0.05) is 42.5 Å². The standard InChI is InChI=1S/C23H20N4O2/c1-2-29-21-15-9-6-10-17(21)16-24-26-23-25-22(28)19-13-7-8-14-20(19)27(23)18-11-4-3-5-12-18/h3-16H,2H2,1H3,(H,25,26,28)/b24-16-. The van der Waals surface area contributed by atoms with Crippen molar-refractivity contribution in [2.24, 2.45) is 5.10 Å². The summed E-state index contributed by atoms with van der Waals surface area (Å²) in [6.45, 7) is 2.50. The van der Waals surface area contributed by atoms with Crippen molar-refractivity contribution < 1.29 is 4.74 Å². The summed E-state index contributed by atoms with van der Waals surface area (Å²) in [4.78, 5) is 16.7. The van der Waals surface area contributed by atoms with Gasteiger partial charge in [-0.05, 0) is 43.3 Å². The number of hydrogen-bond donors (Lipinski definition) is 1. The lowest BCUT2D eigenvalue weighted by Gasteiger charge is -2.15. The highest BCUT2D eigenvalue weighted by Crippen LogP contribution is 2.21. The van der Waals surface area contributed by atoms with Gasteiger partial charge in [0.25, 0.3) is 5.56 Å². The molecule has 1 N–H and O–H groups in total. The third kappa shape index (κ3) is 3.87. The normalized spacial score (nSPS) is 11.1. The van der Waals surface area contributed by atoms with Crippen LogP contribution < -0.4 is 15.7 Å². The molecule has 29 heavy (non-hydrogen) atoms. The Balaban J connectivity index is 1.77. The first-order chi connectivity index (χ1) is 14.3. The summed E-state index contributed by atoms with van der Waals surface area (Å²) in [5.41, 5.74) is 5.09. The van der Waals surface area contributed by atoms with Crippen LogP contribution in [0.15, 0.2) is 88.8 Å². The van der Waals surface area contributed by atoms with E-state index in [4.69, 9.17) is 4.74 Å². The zero-order valence-corrected chi connectivity index (χ0v) is 15.9. The van der Waals surface area contributed by atoms with E-state index in [0.717, 1.165) is 22.5 Å². The van der Waals surface area contributed by atoms with Crippen molar-refractivity contribution >= 4 is 23.1 Å². The number of fused-ring (bicyclic) bond motifs is 1. The van der Waals surface area contributed by atoms with Gasteiger partial charge in [0, 0.05) is 11.3 Å². The Morgan fingerprint density at radius 2 is 1.72 bits per heavy atom. The van der Waals surface area contributed by atoms with Crippen molar-refractivity contribution in [3.8, 4) is 11.4 Å². The second kappa shape index (κ2) is 8.39. The Morgan fingerprint density at radius 3 is 2.55 bits per heavy atom. The molecule has 0 bridgehead atoms. The molecule has 6 nitrogen and oxygen atoms in total. The zero-order valence-electron chi connectivity index (χ0n) is 15.9. The van der Waals surface area contributed by atoms with E-state index in [2.05, 4.69) is 15.5 Å². The van der Waals surface area contributed by atoms with Crippen molar-refractivity contribution in [2.75, 3.05) is 12.0 Å². The predicted molar refractivity (Wildman–Crippen MR) is 116 cm³/mol. The number of benzene rings is 3. The topological polar surface area (TPSA) is 68.5 Å². The van der Waals surface area contributed by atoms with E-state index in [-0.39, 0.29) is 5.56 Å². The fourth-order valence-electron chi connectivity index (χ4n) is 3.12. The Morgan fingerprint density at radius 1 is 1.00 bits per heavy atom. The van der Waals surface area contributed by atoms with Crippen molar-refractivity contribution in [3.05, 3.63) is 94.8 Å². The van der Waals surface area contributed by atoms with Crippen LogP contribution in [0.3, 0.4) is 0 Å². The van der Waals surface area contributed by atoms with Gasteiger partial charge in [0.05, 0.1) is 23.7 Å². The number of ether oxygens (including phenoxy) is 1. The van der Waals surface area contributed by atoms with Crippen LogP contribution >= 0.6 is 0 Å². The largest absolute Gasteiger partial charge is 0.493 e. The highest BCUT2D eigenvalue weighted by Gasteiger charge is 2.11. The van der Waals surface area contributed by atoms with Gasteiger partial charge in [0.1, 0.15) is 5.75 Å². The second-order valence-electron chi connectivity index (χ2n) is 6.27. The van der Waals surface area contributed by atoms with E-state index in [0.29, 0.717) is 17.9 Å². The molecule has 0 spiro atoms. The Kier molecular flexibility index (Phi) is 5.33. The zero-order chi connectivity index (χ0) is 20.1. The first kappa shape index (κ1) is 18.4. The highest BCUT2D eigenvalue weighted by molar-refractivity contribution is 5.84. The van der Waals surface area contributed by atoms with Crippen LogP contribution in [0.2, 0.25) is 0 Å². The van der Waals surface area contributed by atoms with Crippen LogP contribution in [0, 0.1) is 0 Å². The molecule has 0 aliphatic heterocycles. The lowest BCUT2D eigenvalue weighted by Crippen LogP contribution is -2.17. The van der Waals surface area contributed by atoms with E-state index in [9.17, 15) is 4.79 Å². The van der Waals surface area contributed by atoms with Crippen LogP contribution in [-0.2, 0) is 0 Å². The molecular weight excluding hydrogens is 364 g/mol. The SMILES string of the molecule is CCOc1ccccc1/C=N\Nc1nc(=O)c2ccccc2n1-c1ccccc1. The van der Waals surface area contributed by atoms with Gasteiger partial charge in [0.15, 0.2) is 0 Å². The molecule has 6 heteroatoms. The minimum Gasteiger partial charge on any atom is -0.493 e. The first-order valence-electron chi connectivity index (χ1n) is 9.36. The average molecular weight is 384 g/mol. The number of anilines is 1. The van der Waals surface area contributed by atoms with Crippen molar-refractivity contribution in [2.45, 2.75) is 6.92 Å². The molecule has 144 valence electrons. The van der Waals surface area contributed by atoms with Crippen LogP contribution in [-0.4, -0.2) is 22.4 Å². The molecule has 3 aromatic carbocycles. The molecule has 0 aliphatic carbocycles. The summed E-state index contributed by atoms with van der Waals surface area (Å²) in [7, 11) is 0. The van der Waals surface area contributed by atoms with Crippen LogP contribution in [0.1, 0.15) is 12.5 Å². The van der Waals surface area contributed by atoms with Gasteiger partial charge < -0.3 is 4.74 Å². The molecule has 0 radical (unpaired) electrons. The van der Waals surface area contributed by atoms with Gasteiger partial charge in [-0.2, -0.15) is 10.1 Å². The van der Waals surface area contributed by atoms with Gasteiger partial charge in [-0.25, -0.2) is 5.43 Å². The number of nitrogens with zero attached hydrogens (tertiary/aromatic N) is 3. The maximum Gasteiger partial charge on any atom is 0.282 e. The smallest absolute Gasteiger partial charge is 0.282 e. The number of nitrogens with one attached hydrogen (secondary N) is 1. The molecule has 0 unspecified atom stereocenters. The van der Waals surface area contributed by atoms with E-state index >= 15 is 0 Å². The Bertz CT molecular complexity index is 1220. The van der Waals surface area contributed by atoms with Crippen LogP contribution in [0.5, 0.6) is 5.75 Å². The quantitative estimate of drug-likeness (QED) is 0.399. The van der Waals surface area contributed by atoms with Crippen molar-refractivity contribution in [3.63, 3.8) is 0 Å². The van der Waals surface area contributed by atoms with Gasteiger partial charge >= 0.3 is 0 Å². The molecule has 4 rings (SSSR count). The predicted octanol–water partition coefficient (Wildman–Crippen LogP) is 4.23. The highest BCUT2D eigenvalue weighted by atomic mass is 16.5. The van der Waals surface area contributed by atoms with E-state index in [1.165, 1.54) is 0 Å². The third-order valence-corrected chi connectivity index (χ3v) is 4.40. The lowest BCUT2D eigenvalue weighted by molar-refractivity contribution is 0.340. The second-order valence-corrected chi connectivity index (χ2v) is 6.27. The molecule has 0 amide bonds. The Hall–Kier alpha value is -3.93. The third-order valence-electron chi connectivity index (χ3n) is 4.40. The summed E-state index contributed by atoms with van der Waals surface area (Å²) >= 11 is 0. The number of hydrogen-bond acceptors (Lipinski definition) is 5. The number of aromatic nitrogens is 2. The number of hydrazone groups is 1. The summed E-state index contributed by atoms with van der Waals surface area (Å²) < 4.78 is 7.50. The monoisotopic (exact) mass is 384 g/mol. The molecule has 1 heterocycles. The molecular formula is C23H20N4O2. The fourth-order valence-corrected chi connectivity index (χ4v) is 3.12. The summed E-state index contributed by atoms with van der Waals surface area (Å²) in [5, 5.41) is 4.86. The Labute approximate surface area is 168 Å². The van der Waals surface area contributed by atoms with E-state index in [1.54, 1.807) is 12.3 Å². The van der Waals surface area contributed by atoms with Gasteiger partial charge in [-0.15, -0.1) is 0 Å². The summed E-state index contributed by atoms with van der Waals surface area (Å²) in [6.07, 6.45) is 1.65. The lowest BCUT2D eigenvalue weighted by atomic mass is 10.2. The fraction of sp³-hybridized carbons (Fsp3) is 0.0870. The minimum atomic E-state index is -0.305. The minimum absolute atomic E-state index is 0.305. The van der Waals surface area contributed by atoms with Crippen molar-refractivity contribution in [1.82, 2.24) is 9.55 Å². The maximum atomic E-state index is 12.5. The van der Waals surface area contributed by atoms with Crippen LogP contribution in [0.25, 0.3) is 16.6 Å². The van der Waals surface area contributed by atoms with Gasteiger partial charge in [0.2, 0.25) is 5.95 Å².